The lowest BCUT2D eigenvalue weighted by Crippen LogP contribution is -2.32. The first-order valence-electron chi connectivity index (χ1n) is 9.19. The summed E-state index contributed by atoms with van der Waals surface area (Å²) < 4.78 is 12.5. The Balaban J connectivity index is 1.91. The smallest absolute Gasteiger partial charge is 0.348 e. The summed E-state index contributed by atoms with van der Waals surface area (Å²) in [6.45, 7) is 3.53. The number of fused-ring (bicyclic) bond motifs is 1. The molecule has 0 fully saturated rings. The first-order valence-corrected chi connectivity index (χ1v) is 10.0. The highest BCUT2D eigenvalue weighted by Gasteiger charge is 2.24. The third kappa shape index (κ3) is 4.18. The van der Waals surface area contributed by atoms with Crippen molar-refractivity contribution in [3.8, 4) is 6.07 Å². The minimum atomic E-state index is -0.928. The summed E-state index contributed by atoms with van der Waals surface area (Å²) in [7, 11) is 3.08. The SMILES string of the molecule is COCCOC(=O)c1sc2ncn(C(C)C(=O)Nc3c(C#N)cnn3C)c(=O)c2c1C. The molecule has 1 unspecified atom stereocenters. The number of hydrogen-bond acceptors (Lipinski definition) is 9. The van der Waals surface area contributed by atoms with Crippen LogP contribution >= 0.6 is 11.3 Å². The van der Waals surface area contributed by atoms with E-state index in [4.69, 9.17) is 14.7 Å². The Kier molecular flexibility index (Phi) is 6.47. The van der Waals surface area contributed by atoms with E-state index in [2.05, 4.69) is 15.4 Å². The van der Waals surface area contributed by atoms with Gasteiger partial charge in [0.05, 0.1) is 24.5 Å². The normalized spacial score (nSPS) is 11.8. The summed E-state index contributed by atoms with van der Waals surface area (Å²) in [4.78, 5) is 43.0. The molecule has 0 aliphatic rings. The molecule has 0 bridgehead atoms. The Bertz CT molecular complexity index is 1250. The zero-order valence-corrected chi connectivity index (χ0v) is 18.1. The van der Waals surface area contributed by atoms with E-state index in [-0.39, 0.29) is 34.9 Å². The Morgan fingerprint density at radius 3 is 2.81 bits per heavy atom. The van der Waals surface area contributed by atoms with Gasteiger partial charge in [-0.05, 0) is 19.4 Å². The molecule has 0 saturated carbocycles. The van der Waals surface area contributed by atoms with Crippen molar-refractivity contribution in [2.45, 2.75) is 19.9 Å². The molecule has 1 atom stereocenters. The second-order valence-electron chi connectivity index (χ2n) is 6.63. The number of nitrogens with one attached hydrogen (secondary N) is 1. The van der Waals surface area contributed by atoms with Crippen molar-refractivity contribution in [3.05, 3.63) is 38.9 Å². The Morgan fingerprint density at radius 2 is 2.13 bits per heavy atom. The van der Waals surface area contributed by atoms with Gasteiger partial charge in [0.2, 0.25) is 5.91 Å². The highest BCUT2D eigenvalue weighted by Crippen LogP contribution is 2.28. The van der Waals surface area contributed by atoms with Crippen molar-refractivity contribution in [1.82, 2.24) is 19.3 Å². The van der Waals surface area contributed by atoms with E-state index < -0.39 is 23.5 Å². The molecule has 12 heteroatoms. The Hall–Kier alpha value is -3.56. The van der Waals surface area contributed by atoms with Gasteiger partial charge in [0.15, 0.2) is 0 Å². The standard InChI is InChI=1S/C19H20N6O5S/c1-10-13-17(31-14(10)19(28)30-6-5-29-4)21-9-25(18(13)27)11(2)16(26)23-15-12(7-20)8-22-24(15)3/h8-9,11H,5-6H2,1-4H3,(H,23,26). The van der Waals surface area contributed by atoms with E-state index in [0.29, 0.717) is 10.4 Å². The maximum absolute atomic E-state index is 13.1. The number of ether oxygens (including phenoxy) is 2. The number of amides is 1. The van der Waals surface area contributed by atoms with Crippen LogP contribution in [0.5, 0.6) is 0 Å². The molecule has 162 valence electrons. The van der Waals surface area contributed by atoms with Crippen molar-refractivity contribution >= 4 is 39.2 Å². The van der Waals surface area contributed by atoms with Crippen LogP contribution < -0.4 is 10.9 Å². The summed E-state index contributed by atoms with van der Waals surface area (Å²) in [5.41, 5.74) is 0.192. The van der Waals surface area contributed by atoms with Crippen LogP contribution in [0.2, 0.25) is 0 Å². The van der Waals surface area contributed by atoms with Gasteiger partial charge in [0, 0.05) is 14.2 Å². The van der Waals surface area contributed by atoms with Gasteiger partial charge in [-0.2, -0.15) is 10.4 Å². The van der Waals surface area contributed by atoms with Gasteiger partial charge in [-0.25, -0.2) is 9.78 Å². The number of esters is 1. The predicted molar refractivity (Wildman–Crippen MR) is 112 cm³/mol. The second kappa shape index (κ2) is 9.07. The number of thiophene rings is 1. The first kappa shape index (κ1) is 22.1. The molecule has 0 saturated heterocycles. The summed E-state index contributed by atoms with van der Waals surface area (Å²) in [6.07, 6.45) is 2.60. The summed E-state index contributed by atoms with van der Waals surface area (Å²) in [6, 6.07) is 1.02. The van der Waals surface area contributed by atoms with Crippen molar-refractivity contribution in [1.29, 1.82) is 5.26 Å². The number of hydrogen-bond donors (Lipinski definition) is 1. The molecule has 0 aromatic carbocycles. The van der Waals surface area contributed by atoms with Crippen LogP contribution in [0.25, 0.3) is 10.2 Å². The van der Waals surface area contributed by atoms with E-state index in [0.717, 1.165) is 11.3 Å². The van der Waals surface area contributed by atoms with Gasteiger partial charge in [-0.15, -0.1) is 11.3 Å². The summed E-state index contributed by atoms with van der Waals surface area (Å²) in [5.74, 6) is -0.848. The topological polar surface area (TPSA) is 141 Å². The third-order valence-electron chi connectivity index (χ3n) is 4.68. The van der Waals surface area contributed by atoms with Crippen molar-refractivity contribution in [2.24, 2.45) is 7.05 Å². The number of nitriles is 1. The number of nitrogens with zero attached hydrogens (tertiary/aromatic N) is 5. The quantitative estimate of drug-likeness (QED) is 0.425. The van der Waals surface area contributed by atoms with Crippen molar-refractivity contribution in [2.75, 3.05) is 25.6 Å². The molecule has 3 aromatic rings. The van der Waals surface area contributed by atoms with Gasteiger partial charge in [0.25, 0.3) is 5.56 Å². The van der Waals surface area contributed by atoms with E-state index in [1.54, 1.807) is 14.0 Å². The molecule has 1 amide bonds. The molecule has 0 aliphatic carbocycles. The van der Waals surface area contributed by atoms with Crippen LogP contribution in [0.4, 0.5) is 5.82 Å². The fourth-order valence-corrected chi connectivity index (χ4v) is 3.94. The average molecular weight is 444 g/mol. The molecule has 1 N–H and O–H groups in total. The average Bonchev–Trinajstić information content (AvgIpc) is 3.28. The van der Waals surface area contributed by atoms with E-state index in [1.165, 1.54) is 35.8 Å². The molecule has 11 nitrogen and oxygen atoms in total. The van der Waals surface area contributed by atoms with E-state index in [9.17, 15) is 14.4 Å². The second-order valence-corrected chi connectivity index (χ2v) is 7.63. The molecular weight excluding hydrogens is 424 g/mol. The van der Waals surface area contributed by atoms with Crippen LogP contribution in [0.1, 0.15) is 33.8 Å². The molecular formula is C19H20N6O5S. The van der Waals surface area contributed by atoms with Crippen LogP contribution in [0.3, 0.4) is 0 Å². The number of aryl methyl sites for hydroxylation is 2. The number of rotatable bonds is 7. The lowest BCUT2D eigenvalue weighted by atomic mass is 10.2. The molecule has 3 rings (SSSR count). The molecule has 0 aliphatic heterocycles. The maximum atomic E-state index is 13.1. The number of methoxy groups -OCH3 is 1. The lowest BCUT2D eigenvalue weighted by molar-refractivity contribution is -0.118. The van der Waals surface area contributed by atoms with Crippen molar-refractivity contribution < 1.29 is 19.1 Å². The summed E-state index contributed by atoms with van der Waals surface area (Å²) >= 11 is 1.06. The van der Waals surface area contributed by atoms with E-state index >= 15 is 0 Å². The van der Waals surface area contributed by atoms with Gasteiger partial charge in [-0.3, -0.25) is 18.8 Å². The number of anilines is 1. The van der Waals surface area contributed by atoms with Crippen molar-refractivity contribution in [3.63, 3.8) is 0 Å². The molecule has 31 heavy (non-hydrogen) atoms. The van der Waals surface area contributed by atoms with Crippen LogP contribution in [-0.2, 0) is 21.3 Å². The van der Waals surface area contributed by atoms with Gasteiger partial charge in [0.1, 0.15) is 39.8 Å². The van der Waals surface area contributed by atoms with Crippen LogP contribution in [0, 0.1) is 18.3 Å². The Morgan fingerprint density at radius 1 is 1.39 bits per heavy atom. The zero-order chi connectivity index (χ0) is 22.7. The molecule has 0 radical (unpaired) electrons. The highest BCUT2D eigenvalue weighted by atomic mass is 32.1. The molecule has 3 heterocycles. The maximum Gasteiger partial charge on any atom is 0.348 e. The van der Waals surface area contributed by atoms with E-state index in [1.807, 2.05) is 6.07 Å². The number of carbonyl (C=O) groups excluding carboxylic acids is 2. The fourth-order valence-electron chi connectivity index (χ4n) is 2.91. The third-order valence-corrected chi connectivity index (χ3v) is 5.86. The zero-order valence-electron chi connectivity index (χ0n) is 17.3. The number of carbonyl (C=O) groups is 2. The number of aromatic nitrogens is 4. The Labute approximate surface area is 180 Å². The first-order chi connectivity index (χ1) is 14.8. The predicted octanol–water partition coefficient (Wildman–Crippen LogP) is 1.37. The van der Waals surface area contributed by atoms with Gasteiger partial charge >= 0.3 is 5.97 Å². The minimum absolute atomic E-state index is 0.0938. The summed E-state index contributed by atoms with van der Waals surface area (Å²) in [5, 5.41) is 16.0. The monoisotopic (exact) mass is 444 g/mol. The highest BCUT2D eigenvalue weighted by molar-refractivity contribution is 7.20. The minimum Gasteiger partial charge on any atom is -0.459 e. The van der Waals surface area contributed by atoms with Gasteiger partial charge in [-0.1, -0.05) is 0 Å². The van der Waals surface area contributed by atoms with Gasteiger partial charge < -0.3 is 14.8 Å². The molecule has 0 spiro atoms. The fraction of sp³-hybridized carbons (Fsp3) is 0.368. The van der Waals surface area contributed by atoms with Crippen LogP contribution in [0.15, 0.2) is 17.3 Å². The largest absolute Gasteiger partial charge is 0.459 e. The van der Waals surface area contributed by atoms with Crippen LogP contribution in [-0.4, -0.2) is 51.5 Å². The molecule has 3 aromatic heterocycles. The lowest BCUT2D eigenvalue weighted by Gasteiger charge is -2.15.